The van der Waals surface area contributed by atoms with Crippen molar-refractivity contribution in [2.24, 2.45) is 0 Å². The molecule has 0 fully saturated rings. The number of aliphatic hydroxyl groups excluding tert-OH is 1. The van der Waals surface area contributed by atoms with Crippen LogP contribution in [0.25, 0.3) is 6.08 Å². The lowest BCUT2D eigenvalue weighted by Crippen LogP contribution is -2.04. The van der Waals surface area contributed by atoms with Crippen LogP contribution < -0.4 is 0 Å². The van der Waals surface area contributed by atoms with Gasteiger partial charge in [0.25, 0.3) is 0 Å². The third kappa shape index (κ3) is 3.68. The van der Waals surface area contributed by atoms with Crippen molar-refractivity contribution in [2.45, 2.75) is 18.9 Å². The normalized spacial score (nSPS) is 12.6. The zero-order valence-electron chi connectivity index (χ0n) is 9.76. The van der Waals surface area contributed by atoms with Gasteiger partial charge in [-0.1, -0.05) is 12.1 Å². The number of alkyl halides is 1. The minimum absolute atomic E-state index is 0.165. The van der Waals surface area contributed by atoms with Crippen molar-refractivity contribution < 1.29 is 19.8 Å². The minimum atomic E-state index is -1.09. The second kappa shape index (κ2) is 6.33. The number of aliphatic hydroxyl groups is 1. The van der Waals surface area contributed by atoms with Crippen molar-refractivity contribution in [1.29, 1.82) is 0 Å². The van der Waals surface area contributed by atoms with Crippen molar-refractivity contribution in [2.75, 3.05) is 0 Å². The van der Waals surface area contributed by atoms with Crippen molar-refractivity contribution in [3.8, 4) is 0 Å². The fourth-order valence-electron chi connectivity index (χ4n) is 1.48. The number of benzene rings is 1. The van der Waals surface area contributed by atoms with Gasteiger partial charge >= 0.3 is 5.97 Å². The van der Waals surface area contributed by atoms with Crippen molar-refractivity contribution in [3.63, 3.8) is 0 Å². The average Bonchev–Trinajstić information content (AvgIpc) is 2.34. The molecule has 5 heteroatoms. The molecule has 0 spiro atoms. The van der Waals surface area contributed by atoms with Crippen LogP contribution in [0.15, 0.2) is 24.3 Å². The number of rotatable bonds is 5. The Bertz CT molecular complexity index is 494. The predicted molar refractivity (Wildman–Crippen MR) is 68.3 cm³/mol. The van der Waals surface area contributed by atoms with Crippen LogP contribution in [0.2, 0.25) is 0 Å². The molecule has 0 aliphatic carbocycles. The largest absolute Gasteiger partial charge is 0.478 e. The Labute approximate surface area is 110 Å². The predicted octanol–water partition coefficient (Wildman–Crippen LogP) is 2.15. The number of hydrogen-bond donors (Lipinski definition) is 2. The van der Waals surface area contributed by atoms with Crippen LogP contribution in [0, 0.1) is 0 Å². The first-order chi connectivity index (χ1) is 8.45. The fraction of sp³-hybridized carbons (Fsp3) is 0.231. The van der Waals surface area contributed by atoms with Crippen LogP contribution >= 0.6 is 11.6 Å². The van der Waals surface area contributed by atoms with Gasteiger partial charge in [0.1, 0.15) is 5.38 Å². The minimum Gasteiger partial charge on any atom is -0.478 e. The molecular weight excluding hydrogens is 256 g/mol. The molecule has 0 saturated carbocycles. The van der Waals surface area contributed by atoms with E-state index < -0.39 is 11.3 Å². The second-order valence-electron chi connectivity index (χ2n) is 3.77. The molecule has 1 rings (SSSR count). The molecule has 1 unspecified atom stereocenters. The lowest BCUT2D eigenvalue weighted by atomic mass is 9.99. The van der Waals surface area contributed by atoms with Gasteiger partial charge in [-0.3, -0.25) is 4.79 Å². The van der Waals surface area contributed by atoms with Gasteiger partial charge in [-0.2, -0.15) is 0 Å². The molecule has 0 aromatic heterocycles. The lowest BCUT2D eigenvalue weighted by Gasteiger charge is -2.11. The van der Waals surface area contributed by atoms with Crippen molar-refractivity contribution in [3.05, 3.63) is 41.0 Å². The molecular formula is C13H13ClO4. The first kappa shape index (κ1) is 14.4. The van der Waals surface area contributed by atoms with Crippen LogP contribution in [-0.2, 0) is 16.2 Å². The van der Waals surface area contributed by atoms with Crippen LogP contribution in [0.4, 0.5) is 0 Å². The van der Waals surface area contributed by atoms with Gasteiger partial charge in [0.15, 0.2) is 5.78 Å². The number of carboxylic acids is 1. The molecule has 0 heterocycles. The van der Waals surface area contributed by atoms with E-state index in [9.17, 15) is 9.59 Å². The average molecular weight is 269 g/mol. The Kier molecular flexibility index (Phi) is 5.07. The van der Waals surface area contributed by atoms with Crippen LogP contribution in [0.5, 0.6) is 0 Å². The SMILES string of the molecule is CC(=O)C(Cl)c1ccc(CO)cc1C=CC(=O)O. The molecule has 0 aliphatic rings. The van der Waals surface area contributed by atoms with E-state index in [0.29, 0.717) is 16.7 Å². The quantitative estimate of drug-likeness (QED) is 0.634. The maximum absolute atomic E-state index is 11.3. The lowest BCUT2D eigenvalue weighted by molar-refractivity contribution is -0.131. The summed E-state index contributed by atoms with van der Waals surface area (Å²) < 4.78 is 0. The molecule has 1 aromatic rings. The highest BCUT2D eigenvalue weighted by Gasteiger charge is 2.16. The molecule has 18 heavy (non-hydrogen) atoms. The maximum atomic E-state index is 11.3. The summed E-state index contributed by atoms with van der Waals surface area (Å²) in [4.78, 5) is 21.8. The highest BCUT2D eigenvalue weighted by molar-refractivity contribution is 6.31. The van der Waals surface area contributed by atoms with E-state index in [2.05, 4.69) is 0 Å². The molecule has 1 aromatic carbocycles. The maximum Gasteiger partial charge on any atom is 0.328 e. The van der Waals surface area contributed by atoms with Gasteiger partial charge in [0.05, 0.1) is 6.61 Å². The number of carbonyl (C=O) groups excluding carboxylic acids is 1. The van der Waals surface area contributed by atoms with Gasteiger partial charge in [-0.15, -0.1) is 11.6 Å². The highest BCUT2D eigenvalue weighted by Crippen LogP contribution is 2.27. The molecule has 0 saturated heterocycles. The summed E-state index contributed by atoms with van der Waals surface area (Å²) in [6.07, 6.45) is 2.32. The first-order valence-electron chi connectivity index (χ1n) is 5.25. The smallest absolute Gasteiger partial charge is 0.328 e. The summed E-state index contributed by atoms with van der Waals surface area (Å²) in [5.41, 5.74) is 1.66. The molecule has 0 bridgehead atoms. The van der Waals surface area contributed by atoms with Crippen LogP contribution in [0.3, 0.4) is 0 Å². The number of Topliss-reactive ketones (excluding diaryl/α,β-unsaturated/α-hetero) is 1. The summed E-state index contributed by atoms with van der Waals surface area (Å²) in [7, 11) is 0. The summed E-state index contributed by atoms with van der Waals surface area (Å²) in [6, 6.07) is 4.87. The van der Waals surface area contributed by atoms with Crippen molar-refractivity contribution in [1.82, 2.24) is 0 Å². The molecule has 0 radical (unpaired) electrons. The van der Waals surface area contributed by atoms with E-state index in [1.54, 1.807) is 18.2 Å². The number of hydrogen-bond acceptors (Lipinski definition) is 3. The molecule has 1 atom stereocenters. The van der Waals surface area contributed by atoms with Gasteiger partial charge in [0, 0.05) is 6.08 Å². The Morgan fingerprint density at radius 2 is 2.11 bits per heavy atom. The summed E-state index contributed by atoms with van der Waals surface area (Å²) in [5.74, 6) is -1.32. The zero-order valence-corrected chi connectivity index (χ0v) is 10.5. The summed E-state index contributed by atoms with van der Waals surface area (Å²) in [5, 5.41) is 16.8. The van der Waals surface area contributed by atoms with Crippen LogP contribution in [0.1, 0.15) is 29.0 Å². The van der Waals surface area contributed by atoms with Gasteiger partial charge < -0.3 is 10.2 Å². The Morgan fingerprint density at radius 3 is 2.61 bits per heavy atom. The number of carboxylic acid groups (broad SMARTS) is 1. The Balaban J connectivity index is 3.24. The van der Waals surface area contributed by atoms with E-state index in [1.807, 2.05) is 0 Å². The summed E-state index contributed by atoms with van der Waals surface area (Å²) in [6.45, 7) is 1.20. The van der Waals surface area contributed by atoms with E-state index in [1.165, 1.54) is 13.0 Å². The zero-order chi connectivity index (χ0) is 13.7. The Hall–Kier alpha value is -1.65. The van der Waals surface area contributed by atoms with E-state index in [-0.39, 0.29) is 12.4 Å². The molecule has 0 amide bonds. The fourth-order valence-corrected chi connectivity index (χ4v) is 1.68. The molecule has 2 N–H and O–H groups in total. The standard InChI is InChI=1S/C13H13ClO4/c1-8(16)13(14)11-4-2-9(7-15)6-10(11)3-5-12(17)18/h2-6,13,15H,7H2,1H3,(H,17,18). The number of aliphatic carboxylic acids is 1. The second-order valence-corrected chi connectivity index (χ2v) is 4.20. The van der Waals surface area contributed by atoms with Gasteiger partial charge in [0.2, 0.25) is 0 Å². The van der Waals surface area contributed by atoms with E-state index in [0.717, 1.165) is 6.08 Å². The van der Waals surface area contributed by atoms with Crippen molar-refractivity contribution >= 4 is 29.4 Å². The third-order valence-corrected chi connectivity index (χ3v) is 2.91. The monoisotopic (exact) mass is 268 g/mol. The molecule has 0 aliphatic heterocycles. The summed E-state index contributed by atoms with van der Waals surface area (Å²) >= 11 is 5.96. The number of ketones is 1. The van der Waals surface area contributed by atoms with E-state index >= 15 is 0 Å². The van der Waals surface area contributed by atoms with Crippen LogP contribution in [-0.4, -0.2) is 22.0 Å². The Morgan fingerprint density at radius 1 is 1.44 bits per heavy atom. The number of halogens is 1. The molecule has 4 nitrogen and oxygen atoms in total. The molecule has 96 valence electrons. The highest BCUT2D eigenvalue weighted by atomic mass is 35.5. The first-order valence-corrected chi connectivity index (χ1v) is 5.68. The van der Waals surface area contributed by atoms with E-state index in [4.69, 9.17) is 21.8 Å². The third-order valence-electron chi connectivity index (χ3n) is 2.37. The topological polar surface area (TPSA) is 74.6 Å². The van der Waals surface area contributed by atoms with Gasteiger partial charge in [-0.05, 0) is 35.8 Å². The van der Waals surface area contributed by atoms with Gasteiger partial charge in [-0.25, -0.2) is 4.79 Å². The number of carbonyl (C=O) groups is 2.